The van der Waals surface area contributed by atoms with Crippen LogP contribution in [-0.2, 0) is 13.1 Å². The Morgan fingerprint density at radius 3 is 2.10 bits per heavy atom. The highest BCUT2D eigenvalue weighted by molar-refractivity contribution is 5.74. The molecular weight excluding hydrogens is 376 g/mol. The lowest BCUT2D eigenvalue weighted by molar-refractivity contribution is 0.194. The van der Waals surface area contributed by atoms with E-state index in [-0.39, 0.29) is 6.03 Å². The molecule has 1 N–H and O–H groups in total. The number of hydrogen-bond donors (Lipinski definition) is 1. The van der Waals surface area contributed by atoms with Gasteiger partial charge in [0.15, 0.2) is 0 Å². The third-order valence-electron chi connectivity index (χ3n) is 5.77. The highest BCUT2D eigenvalue weighted by atomic mass is 16.5. The van der Waals surface area contributed by atoms with E-state index in [0.717, 1.165) is 57.1 Å². The predicted octanol–water partition coefficient (Wildman–Crippen LogP) is 3.57. The number of ether oxygens (including phenoxy) is 1. The van der Waals surface area contributed by atoms with Crippen LogP contribution in [0.5, 0.6) is 5.75 Å². The molecule has 0 bridgehead atoms. The van der Waals surface area contributed by atoms with Crippen molar-refractivity contribution in [1.82, 2.24) is 15.1 Å². The summed E-state index contributed by atoms with van der Waals surface area (Å²) in [7, 11) is 1.67. The van der Waals surface area contributed by atoms with Gasteiger partial charge in [-0.2, -0.15) is 0 Å². The molecule has 1 aliphatic heterocycles. The van der Waals surface area contributed by atoms with Crippen LogP contribution >= 0.6 is 0 Å². The molecule has 0 unspecified atom stereocenters. The molecule has 1 aliphatic rings. The van der Waals surface area contributed by atoms with Gasteiger partial charge in [-0.25, -0.2) is 4.79 Å². The zero-order chi connectivity index (χ0) is 21.3. The van der Waals surface area contributed by atoms with Crippen LogP contribution in [0.4, 0.5) is 10.5 Å². The maximum Gasteiger partial charge on any atom is 0.317 e. The quantitative estimate of drug-likeness (QED) is 0.723. The monoisotopic (exact) mass is 410 g/mol. The number of anilines is 1. The Morgan fingerprint density at radius 2 is 1.53 bits per heavy atom. The summed E-state index contributed by atoms with van der Waals surface area (Å²) in [6.45, 7) is 11.1. The van der Waals surface area contributed by atoms with Gasteiger partial charge in [-0.1, -0.05) is 38.1 Å². The fraction of sp³-hybridized carbons (Fsp3) is 0.458. The van der Waals surface area contributed by atoms with Crippen LogP contribution < -0.4 is 15.0 Å². The number of hydrogen-bond acceptors (Lipinski definition) is 4. The molecule has 1 heterocycles. The first-order chi connectivity index (χ1) is 14.6. The molecule has 2 aromatic carbocycles. The van der Waals surface area contributed by atoms with E-state index in [0.29, 0.717) is 6.54 Å². The molecule has 0 aliphatic carbocycles. The van der Waals surface area contributed by atoms with E-state index in [1.807, 2.05) is 17.0 Å². The molecular formula is C24H34N4O2. The summed E-state index contributed by atoms with van der Waals surface area (Å²) in [5.41, 5.74) is 3.60. The second kappa shape index (κ2) is 10.9. The maximum absolute atomic E-state index is 12.6. The van der Waals surface area contributed by atoms with Crippen LogP contribution in [-0.4, -0.2) is 62.2 Å². The molecule has 30 heavy (non-hydrogen) atoms. The zero-order valence-corrected chi connectivity index (χ0v) is 18.4. The molecule has 6 heteroatoms. The fourth-order valence-corrected chi connectivity index (χ4v) is 3.72. The van der Waals surface area contributed by atoms with Gasteiger partial charge in [-0.05, 0) is 48.5 Å². The first-order valence-corrected chi connectivity index (χ1v) is 10.8. The number of nitrogens with zero attached hydrogens (tertiary/aromatic N) is 3. The predicted molar refractivity (Wildman–Crippen MR) is 122 cm³/mol. The van der Waals surface area contributed by atoms with Gasteiger partial charge < -0.3 is 19.9 Å². The maximum atomic E-state index is 12.6. The van der Waals surface area contributed by atoms with E-state index in [2.05, 4.69) is 65.4 Å². The molecule has 2 aromatic rings. The number of rotatable bonds is 8. The molecule has 1 saturated heterocycles. The normalized spacial score (nSPS) is 14.1. The topological polar surface area (TPSA) is 48.1 Å². The van der Waals surface area contributed by atoms with Crippen LogP contribution in [0.1, 0.15) is 25.0 Å². The van der Waals surface area contributed by atoms with E-state index in [1.54, 1.807) is 7.11 Å². The van der Waals surface area contributed by atoms with Gasteiger partial charge in [0.05, 0.1) is 7.11 Å². The van der Waals surface area contributed by atoms with Gasteiger partial charge in [0.1, 0.15) is 5.75 Å². The van der Waals surface area contributed by atoms with Crippen molar-refractivity contribution in [2.24, 2.45) is 0 Å². The van der Waals surface area contributed by atoms with Gasteiger partial charge in [0.2, 0.25) is 0 Å². The van der Waals surface area contributed by atoms with Crippen molar-refractivity contribution in [1.29, 1.82) is 0 Å². The van der Waals surface area contributed by atoms with Crippen LogP contribution in [0.3, 0.4) is 0 Å². The van der Waals surface area contributed by atoms with Crippen molar-refractivity contribution >= 4 is 11.7 Å². The van der Waals surface area contributed by atoms with Crippen molar-refractivity contribution in [3.63, 3.8) is 0 Å². The van der Waals surface area contributed by atoms with Crippen LogP contribution in [0, 0.1) is 0 Å². The number of carbonyl (C=O) groups is 1. The summed E-state index contributed by atoms with van der Waals surface area (Å²) in [4.78, 5) is 19.2. The molecule has 0 atom stereocenters. The van der Waals surface area contributed by atoms with Crippen molar-refractivity contribution in [2.75, 3.05) is 51.3 Å². The highest BCUT2D eigenvalue weighted by Crippen LogP contribution is 2.20. The third-order valence-corrected chi connectivity index (χ3v) is 5.77. The number of urea groups is 1. The molecule has 0 spiro atoms. The number of nitrogens with one attached hydrogen (secondary N) is 1. The van der Waals surface area contributed by atoms with E-state index >= 15 is 0 Å². The molecule has 2 amide bonds. The molecule has 0 saturated carbocycles. The standard InChI is InChI=1S/C24H34N4O2/c1-4-26(5-2)19-21-8-6-20(7-9-21)18-25-24(29)28-16-14-27(15-17-28)22-10-12-23(30-3)13-11-22/h6-13H,4-5,14-19H2,1-3H3,(H,25,29). The highest BCUT2D eigenvalue weighted by Gasteiger charge is 2.21. The summed E-state index contributed by atoms with van der Waals surface area (Å²) in [6, 6.07) is 16.6. The lowest BCUT2D eigenvalue weighted by Crippen LogP contribution is -2.51. The first-order valence-electron chi connectivity index (χ1n) is 10.8. The minimum atomic E-state index is 0.0107. The number of carbonyl (C=O) groups excluding carboxylic acids is 1. The molecule has 0 aromatic heterocycles. The zero-order valence-electron chi connectivity index (χ0n) is 18.4. The first kappa shape index (κ1) is 22.0. The van der Waals surface area contributed by atoms with Gasteiger partial charge in [-0.15, -0.1) is 0 Å². The summed E-state index contributed by atoms with van der Waals surface area (Å²) >= 11 is 0. The Hall–Kier alpha value is -2.73. The average molecular weight is 411 g/mol. The Kier molecular flexibility index (Phi) is 7.97. The molecule has 1 fully saturated rings. The minimum absolute atomic E-state index is 0.0107. The van der Waals surface area contributed by atoms with Crippen molar-refractivity contribution in [3.8, 4) is 5.75 Å². The summed E-state index contributed by atoms with van der Waals surface area (Å²) in [6.07, 6.45) is 0. The van der Waals surface area contributed by atoms with E-state index < -0.39 is 0 Å². The Balaban J connectivity index is 1.43. The summed E-state index contributed by atoms with van der Waals surface area (Å²) < 4.78 is 5.22. The van der Waals surface area contributed by atoms with Gasteiger partial charge in [0, 0.05) is 45.0 Å². The van der Waals surface area contributed by atoms with Crippen molar-refractivity contribution in [2.45, 2.75) is 26.9 Å². The van der Waals surface area contributed by atoms with E-state index in [9.17, 15) is 4.79 Å². The second-order valence-electron chi connectivity index (χ2n) is 7.61. The van der Waals surface area contributed by atoms with Crippen LogP contribution in [0.15, 0.2) is 48.5 Å². The van der Waals surface area contributed by atoms with Crippen LogP contribution in [0.2, 0.25) is 0 Å². The average Bonchev–Trinajstić information content (AvgIpc) is 2.82. The lowest BCUT2D eigenvalue weighted by Gasteiger charge is -2.36. The Bertz CT molecular complexity index is 780. The number of benzene rings is 2. The molecule has 0 radical (unpaired) electrons. The fourth-order valence-electron chi connectivity index (χ4n) is 3.72. The van der Waals surface area contributed by atoms with Gasteiger partial charge in [0.25, 0.3) is 0 Å². The van der Waals surface area contributed by atoms with Gasteiger partial charge >= 0.3 is 6.03 Å². The third kappa shape index (κ3) is 5.89. The van der Waals surface area contributed by atoms with Crippen molar-refractivity contribution in [3.05, 3.63) is 59.7 Å². The summed E-state index contributed by atoms with van der Waals surface area (Å²) in [5, 5.41) is 3.06. The van der Waals surface area contributed by atoms with E-state index in [4.69, 9.17) is 4.74 Å². The molecule has 3 rings (SSSR count). The SMILES string of the molecule is CCN(CC)Cc1ccc(CNC(=O)N2CCN(c3ccc(OC)cc3)CC2)cc1. The molecule has 162 valence electrons. The van der Waals surface area contributed by atoms with Crippen LogP contribution in [0.25, 0.3) is 0 Å². The number of methoxy groups -OCH3 is 1. The number of amides is 2. The smallest absolute Gasteiger partial charge is 0.317 e. The van der Waals surface area contributed by atoms with Crippen molar-refractivity contribution < 1.29 is 9.53 Å². The largest absolute Gasteiger partial charge is 0.497 e. The molecule has 6 nitrogen and oxygen atoms in total. The number of piperazine rings is 1. The minimum Gasteiger partial charge on any atom is -0.497 e. The Morgan fingerprint density at radius 1 is 0.933 bits per heavy atom. The lowest BCUT2D eigenvalue weighted by atomic mass is 10.1. The van der Waals surface area contributed by atoms with Gasteiger partial charge in [-0.3, -0.25) is 4.90 Å². The summed E-state index contributed by atoms with van der Waals surface area (Å²) in [5.74, 6) is 0.859. The Labute approximate surface area is 180 Å². The second-order valence-corrected chi connectivity index (χ2v) is 7.61. The van der Waals surface area contributed by atoms with E-state index in [1.165, 1.54) is 11.3 Å².